The zero-order chi connectivity index (χ0) is 15.8. The summed E-state index contributed by atoms with van der Waals surface area (Å²) in [6.07, 6.45) is 3.54. The number of hydrogen-bond acceptors (Lipinski definition) is 3. The molecule has 1 aromatic rings. The van der Waals surface area contributed by atoms with E-state index in [2.05, 4.69) is 4.90 Å². The van der Waals surface area contributed by atoms with Crippen LogP contribution in [0.3, 0.4) is 0 Å². The minimum Gasteiger partial charge on any atom is -0.396 e. The topological polar surface area (TPSA) is 43.8 Å². The van der Waals surface area contributed by atoms with Crippen LogP contribution >= 0.6 is 11.6 Å². The molecule has 4 nitrogen and oxygen atoms in total. The maximum Gasteiger partial charge on any atom is 0.227 e. The van der Waals surface area contributed by atoms with E-state index in [1.807, 2.05) is 29.2 Å². The molecule has 122 valence electrons. The molecule has 0 aliphatic carbocycles. The molecule has 1 aromatic carbocycles. The molecule has 1 saturated heterocycles. The van der Waals surface area contributed by atoms with E-state index in [-0.39, 0.29) is 12.5 Å². The first-order valence-electron chi connectivity index (χ1n) is 8.04. The first-order valence-corrected chi connectivity index (χ1v) is 8.42. The summed E-state index contributed by atoms with van der Waals surface area (Å²) in [7, 11) is 0. The number of benzene rings is 1. The van der Waals surface area contributed by atoms with Gasteiger partial charge < -0.3 is 10.0 Å². The van der Waals surface area contributed by atoms with Crippen LogP contribution in [0.5, 0.6) is 0 Å². The van der Waals surface area contributed by atoms with Crippen molar-refractivity contribution >= 4 is 17.5 Å². The summed E-state index contributed by atoms with van der Waals surface area (Å²) in [6.45, 7) is 4.88. The van der Waals surface area contributed by atoms with Crippen molar-refractivity contribution in [3.63, 3.8) is 0 Å². The van der Waals surface area contributed by atoms with E-state index >= 15 is 0 Å². The third kappa shape index (κ3) is 5.59. The lowest BCUT2D eigenvalue weighted by Crippen LogP contribution is -2.49. The lowest BCUT2D eigenvalue weighted by Gasteiger charge is -2.34. The van der Waals surface area contributed by atoms with Gasteiger partial charge in [-0.25, -0.2) is 0 Å². The van der Waals surface area contributed by atoms with Crippen molar-refractivity contribution in [1.29, 1.82) is 0 Å². The van der Waals surface area contributed by atoms with Gasteiger partial charge in [0.05, 0.1) is 6.42 Å². The van der Waals surface area contributed by atoms with Crippen molar-refractivity contribution in [2.24, 2.45) is 0 Å². The Morgan fingerprint density at radius 1 is 1.05 bits per heavy atom. The highest BCUT2D eigenvalue weighted by Gasteiger charge is 2.20. The molecular weight excluding hydrogens is 300 g/mol. The quantitative estimate of drug-likeness (QED) is 0.782. The highest BCUT2D eigenvalue weighted by molar-refractivity contribution is 6.30. The number of carbonyl (C=O) groups excluding carboxylic acids is 1. The van der Waals surface area contributed by atoms with Crippen molar-refractivity contribution < 1.29 is 9.90 Å². The largest absolute Gasteiger partial charge is 0.396 e. The molecule has 0 radical (unpaired) electrons. The monoisotopic (exact) mass is 324 g/mol. The number of unbranched alkanes of at least 4 members (excludes halogenated alkanes) is 2. The highest BCUT2D eigenvalue weighted by Crippen LogP contribution is 2.12. The second-order valence-electron chi connectivity index (χ2n) is 5.81. The van der Waals surface area contributed by atoms with Gasteiger partial charge in [0.15, 0.2) is 0 Å². The zero-order valence-electron chi connectivity index (χ0n) is 13.0. The van der Waals surface area contributed by atoms with Crippen molar-refractivity contribution in [2.45, 2.75) is 25.7 Å². The van der Waals surface area contributed by atoms with Gasteiger partial charge in [0.1, 0.15) is 0 Å². The van der Waals surface area contributed by atoms with Gasteiger partial charge in [-0.05, 0) is 43.5 Å². The fourth-order valence-corrected chi connectivity index (χ4v) is 2.86. The lowest BCUT2D eigenvalue weighted by atomic mass is 10.1. The van der Waals surface area contributed by atoms with Crippen LogP contribution in [0.25, 0.3) is 0 Å². The molecule has 0 unspecified atom stereocenters. The Hall–Kier alpha value is -1.10. The summed E-state index contributed by atoms with van der Waals surface area (Å²) in [5, 5.41) is 9.47. The molecule has 1 aliphatic heterocycles. The smallest absolute Gasteiger partial charge is 0.227 e. The standard InChI is InChI=1S/C17H25ClN2O2/c18-16-6-4-15(5-7-16)14-17(22)20-11-9-19(10-12-20)8-2-1-3-13-21/h4-7,21H,1-3,8-14H2. The molecule has 0 saturated carbocycles. The normalized spacial score (nSPS) is 16.0. The van der Waals surface area contributed by atoms with E-state index in [0.717, 1.165) is 57.5 Å². The number of piperazine rings is 1. The van der Waals surface area contributed by atoms with Crippen LogP contribution in [-0.4, -0.2) is 60.1 Å². The lowest BCUT2D eigenvalue weighted by molar-refractivity contribution is -0.132. The van der Waals surface area contributed by atoms with E-state index < -0.39 is 0 Å². The first-order chi connectivity index (χ1) is 10.7. The molecule has 0 aromatic heterocycles. The number of nitrogens with zero attached hydrogens (tertiary/aromatic N) is 2. The molecule has 0 atom stereocenters. The Balaban J connectivity index is 1.69. The number of halogens is 1. The molecular formula is C17H25ClN2O2. The van der Waals surface area contributed by atoms with Crippen molar-refractivity contribution in [3.8, 4) is 0 Å². The van der Waals surface area contributed by atoms with E-state index in [9.17, 15) is 4.79 Å². The number of aliphatic hydroxyl groups is 1. The van der Waals surface area contributed by atoms with E-state index in [1.54, 1.807) is 0 Å². The van der Waals surface area contributed by atoms with Gasteiger partial charge >= 0.3 is 0 Å². The second-order valence-corrected chi connectivity index (χ2v) is 6.25. The number of rotatable bonds is 7. The van der Waals surface area contributed by atoms with Crippen molar-refractivity contribution in [2.75, 3.05) is 39.3 Å². The molecule has 1 fully saturated rings. The summed E-state index contributed by atoms with van der Waals surface area (Å²) in [5.74, 6) is 0.197. The Kier molecular flexibility index (Phi) is 7.16. The van der Waals surface area contributed by atoms with Gasteiger partial charge in [-0.2, -0.15) is 0 Å². The number of amides is 1. The highest BCUT2D eigenvalue weighted by atomic mass is 35.5. The Morgan fingerprint density at radius 2 is 1.73 bits per heavy atom. The van der Waals surface area contributed by atoms with Crippen LogP contribution < -0.4 is 0 Å². The minimum atomic E-state index is 0.197. The summed E-state index contributed by atoms with van der Waals surface area (Å²) in [6, 6.07) is 7.48. The Morgan fingerprint density at radius 3 is 2.36 bits per heavy atom. The van der Waals surface area contributed by atoms with Gasteiger partial charge in [-0.3, -0.25) is 9.69 Å². The van der Waals surface area contributed by atoms with Crippen LogP contribution in [0.4, 0.5) is 0 Å². The molecule has 0 bridgehead atoms. The van der Waals surface area contributed by atoms with Crippen molar-refractivity contribution in [1.82, 2.24) is 9.80 Å². The predicted molar refractivity (Wildman–Crippen MR) is 89.1 cm³/mol. The molecule has 2 rings (SSSR count). The first kappa shape index (κ1) is 17.3. The third-order valence-electron chi connectivity index (χ3n) is 4.13. The van der Waals surface area contributed by atoms with Gasteiger partial charge in [0.2, 0.25) is 5.91 Å². The summed E-state index contributed by atoms with van der Waals surface area (Å²) in [4.78, 5) is 16.7. The second kappa shape index (κ2) is 9.13. The van der Waals surface area contributed by atoms with E-state index in [0.29, 0.717) is 11.4 Å². The van der Waals surface area contributed by atoms with Gasteiger partial charge in [0.25, 0.3) is 0 Å². The van der Waals surface area contributed by atoms with E-state index in [1.165, 1.54) is 0 Å². The maximum absolute atomic E-state index is 12.3. The predicted octanol–water partition coefficient (Wildman–Crippen LogP) is 2.19. The fraction of sp³-hybridized carbons (Fsp3) is 0.588. The molecule has 5 heteroatoms. The Labute approximate surface area is 137 Å². The summed E-state index contributed by atoms with van der Waals surface area (Å²) >= 11 is 5.86. The summed E-state index contributed by atoms with van der Waals surface area (Å²) in [5.41, 5.74) is 1.01. The van der Waals surface area contributed by atoms with Crippen LogP contribution in [0.15, 0.2) is 24.3 Å². The van der Waals surface area contributed by atoms with Crippen LogP contribution in [0.2, 0.25) is 5.02 Å². The molecule has 22 heavy (non-hydrogen) atoms. The van der Waals surface area contributed by atoms with Gasteiger partial charge in [0, 0.05) is 37.8 Å². The molecule has 1 amide bonds. The molecule has 1 heterocycles. The van der Waals surface area contributed by atoms with Crippen LogP contribution in [0, 0.1) is 0 Å². The summed E-state index contributed by atoms with van der Waals surface area (Å²) < 4.78 is 0. The maximum atomic E-state index is 12.3. The molecule has 0 spiro atoms. The van der Waals surface area contributed by atoms with Crippen molar-refractivity contribution in [3.05, 3.63) is 34.9 Å². The SMILES string of the molecule is O=C(Cc1ccc(Cl)cc1)N1CCN(CCCCCO)CC1. The minimum absolute atomic E-state index is 0.197. The number of aliphatic hydroxyl groups excluding tert-OH is 1. The fourth-order valence-electron chi connectivity index (χ4n) is 2.73. The van der Waals surface area contributed by atoms with Crippen LogP contribution in [0.1, 0.15) is 24.8 Å². The molecule has 1 N–H and O–H groups in total. The Bertz CT molecular complexity index is 456. The van der Waals surface area contributed by atoms with Gasteiger partial charge in [-0.1, -0.05) is 23.7 Å². The van der Waals surface area contributed by atoms with Crippen LogP contribution in [-0.2, 0) is 11.2 Å². The average Bonchev–Trinajstić information content (AvgIpc) is 2.54. The zero-order valence-corrected chi connectivity index (χ0v) is 13.8. The van der Waals surface area contributed by atoms with E-state index in [4.69, 9.17) is 16.7 Å². The third-order valence-corrected chi connectivity index (χ3v) is 4.38. The average molecular weight is 325 g/mol. The van der Waals surface area contributed by atoms with Gasteiger partial charge in [-0.15, -0.1) is 0 Å². The number of carbonyl (C=O) groups is 1. The molecule has 1 aliphatic rings. The number of hydrogen-bond donors (Lipinski definition) is 1.